The van der Waals surface area contributed by atoms with Crippen molar-refractivity contribution in [2.24, 2.45) is 17.8 Å². The molecule has 2 aliphatic rings. The molecule has 0 amide bonds. The monoisotopic (exact) mass is 281 g/mol. The normalized spacial score (nSPS) is 32.3. The highest BCUT2D eigenvalue weighted by Gasteiger charge is 2.33. The first kappa shape index (κ1) is 15.8. The van der Waals surface area contributed by atoms with Crippen molar-refractivity contribution in [2.75, 3.05) is 19.6 Å². The fraction of sp³-hybridized carbons (Fsp3) is 0.941. The Labute approximate surface area is 124 Å². The van der Waals surface area contributed by atoms with Crippen LogP contribution in [0.5, 0.6) is 0 Å². The van der Waals surface area contributed by atoms with Gasteiger partial charge in [0.15, 0.2) is 0 Å². The molecule has 0 spiro atoms. The van der Waals surface area contributed by atoms with Crippen LogP contribution in [0.2, 0.25) is 0 Å². The van der Waals surface area contributed by atoms with E-state index in [4.69, 9.17) is 4.74 Å². The van der Waals surface area contributed by atoms with Crippen LogP contribution < -0.4 is 0 Å². The second-order valence-electron chi connectivity index (χ2n) is 7.19. The van der Waals surface area contributed by atoms with Crippen LogP contribution in [0.1, 0.15) is 59.3 Å². The largest absolute Gasteiger partial charge is 0.461 e. The van der Waals surface area contributed by atoms with Crippen LogP contribution in [-0.4, -0.2) is 36.6 Å². The van der Waals surface area contributed by atoms with E-state index in [2.05, 4.69) is 25.7 Å². The van der Waals surface area contributed by atoms with Crippen molar-refractivity contribution in [3.05, 3.63) is 0 Å². The minimum atomic E-state index is -0.00310. The van der Waals surface area contributed by atoms with Gasteiger partial charge in [0.1, 0.15) is 6.10 Å². The SMILES string of the molecule is CC(C)[C@H]1CC[C@H](C)C[C@H]1OC(=O)CN1CCCCC1. The number of ether oxygens (including phenoxy) is 1. The summed E-state index contributed by atoms with van der Waals surface area (Å²) < 4.78 is 5.86. The molecule has 3 heteroatoms. The summed E-state index contributed by atoms with van der Waals surface area (Å²) in [5.74, 6) is 1.85. The maximum absolute atomic E-state index is 12.2. The van der Waals surface area contributed by atoms with Gasteiger partial charge in [0.25, 0.3) is 0 Å². The van der Waals surface area contributed by atoms with Gasteiger partial charge in [-0.1, -0.05) is 33.6 Å². The molecule has 0 radical (unpaired) electrons. The molecule has 3 atom stereocenters. The highest BCUT2D eigenvalue weighted by molar-refractivity contribution is 5.71. The molecule has 1 aliphatic heterocycles. The predicted octanol–water partition coefficient (Wildman–Crippen LogP) is 3.48. The second kappa shape index (κ2) is 7.44. The molecule has 1 saturated heterocycles. The molecule has 1 heterocycles. The fourth-order valence-electron chi connectivity index (χ4n) is 3.76. The van der Waals surface area contributed by atoms with E-state index in [1.807, 2.05) is 0 Å². The van der Waals surface area contributed by atoms with Crippen molar-refractivity contribution in [3.63, 3.8) is 0 Å². The number of rotatable bonds is 4. The quantitative estimate of drug-likeness (QED) is 0.739. The molecule has 2 rings (SSSR count). The van der Waals surface area contributed by atoms with Crippen molar-refractivity contribution in [2.45, 2.75) is 65.4 Å². The zero-order valence-corrected chi connectivity index (χ0v) is 13.4. The van der Waals surface area contributed by atoms with Crippen LogP contribution in [-0.2, 0) is 9.53 Å². The minimum absolute atomic E-state index is 0.00310. The van der Waals surface area contributed by atoms with Crippen molar-refractivity contribution in [1.29, 1.82) is 0 Å². The molecule has 0 N–H and O–H groups in total. The zero-order chi connectivity index (χ0) is 14.5. The van der Waals surface area contributed by atoms with Crippen LogP contribution in [0, 0.1) is 17.8 Å². The molecule has 0 aromatic rings. The lowest BCUT2D eigenvalue weighted by Crippen LogP contribution is -2.40. The van der Waals surface area contributed by atoms with E-state index in [1.54, 1.807) is 0 Å². The van der Waals surface area contributed by atoms with Crippen molar-refractivity contribution in [1.82, 2.24) is 4.90 Å². The number of hydrogen-bond acceptors (Lipinski definition) is 3. The Bertz CT molecular complexity index is 310. The Morgan fingerprint density at radius 3 is 2.55 bits per heavy atom. The van der Waals surface area contributed by atoms with E-state index >= 15 is 0 Å². The van der Waals surface area contributed by atoms with Gasteiger partial charge in [-0.25, -0.2) is 0 Å². The van der Waals surface area contributed by atoms with Crippen LogP contribution in [0.25, 0.3) is 0 Å². The van der Waals surface area contributed by atoms with Gasteiger partial charge in [-0.3, -0.25) is 9.69 Å². The smallest absolute Gasteiger partial charge is 0.320 e. The lowest BCUT2D eigenvalue weighted by Gasteiger charge is -2.37. The molecule has 116 valence electrons. The highest BCUT2D eigenvalue weighted by Crippen LogP contribution is 2.35. The van der Waals surface area contributed by atoms with E-state index in [1.165, 1.54) is 32.1 Å². The summed E-state index contributed by atoms with van der Waals surface area (Å²) in [5.41, 5.74) is 0. The minimum Gasteiger partial charge on any atom is -0.461 e. The van der Waals surface area contributed by atoms with Gasteiger partial charge >= 0.3 is 5.97 Å². The molecule has 20 heavy (non-hydrogen) atoms. The molecule has 0 bridgehead atoms. The highest BCUT2D eigenvalue weighted by atomic mass is 16.5. The number of esters is 1. The number of hydrogen-bond donors (Lipinski definition) is 0. The van der Waals surface area contributed by atoms with Gasteiger partial charge in [0.05, 0.1) is 6.54 Å². The Hall–Kier alpha value is -0.570. The summed E-state index contributed by atoms with van der Waals surface area (Å²) in [5, 5.41) is 0. The van der Waals surface area contributed by atoms with Crippen LogP contribution in [0.3, 0.4) is 0 Å². The Kier molecular flexibility index (Phi) is 5.88. The molecular weight excluding hydrogens is 250 g/mol. The average Bonchev–Trinajstić information content (AvgIpc) is 2.39. The van der Waals surface area contributed by atoms with E-state index in [0.29, 0.717) is 24.3 Å². The lowest BCUT2D eigenvalue weighted by molar-refractivity contribution is -0.157. The lowest BCUT2D eigenvalue weighted by atomic mass is 9.75. The first-order chi connectivity index (χ1) is 9.56. The first-order valence-corrected chi connectivity index (χ1v) is 8.48. The third-order valence-electron chi connectivity index (χ3n) is 5.05. The zero-order valence-electron chi connectivity index (χ0n) is 13.4. The molecule has 1 aliphatic carbocycles. The number of nitrogens with zero attached hydrogens (tertiary/aromatic N) is 1. The summed E-state index contributed by atoms with van der Waals surface area (Å²) in [7, 11) is 0. The van der Waals surface area contributed by atoms with Crippen molar-refractivity contribution in [3.8, 4) is 0 Å². The summed E-state index contributed by atoms with van der Waals surface area (Å²) in [4.78, 5) is 14.4. The van der Waals surface area contributed by atoms with Gasteiger partial charge in [-0.05, 0) is 56.5 Å². The Morgan fingerprint density at radius 1 is 1.20 bits per heavy atom. The third-order valence-corrected chi connectivity index (χ3v) is 5.05. The number of likely N-dealkylation sites (tertiary alicyclic amines) is 1. The van der Waals surface area contributed by atoms with Gasteiger partial charge in [0, 0.05) is 0 Å². The maximum Gasteiger partial charge on any atom is 0.320 e. The maximum atomic E-state index is 12.2. The van der Waals surface area contributed by atoms with E-state index < -0.39 is 0 Å². The molecular formula is C17H31NO2. The predicted molar refractivity (Wildman–Crippen MR) is 81.5 cm³/mol. The number of carbonyl (C=O) groups excluding carboxylic acids is 1. The van der Waals surface area contributed by atoms with Crippen molar-refractivity contribution < 1.29 is 9.53 Å². The van der Waals surface area contributed by atoms with Crippen LogP contribution in [0.4, 0.5) is 0 Å². The molecule has 3 nitrogen and oxygen atoms in total. The molecule has 0 unspecified atom stereocenters. The third kappa shape index (κ3) is 4.47. The van der Waals surface area contributed by atoms with Crippen molar-refractivity contribution >= 4 is 5.97 Å². The summed E-state index contributed by atoms with van der Waals surface area (Å²) in [6.07, 6.45) is 7.44. The summed E-state index contributed by atoms with van der Waals surface area (Å²) >= 11 is 0. The standard InChI is InChI=1S/C17H31NO2/c1-13(2)15-8-7-14(3)11-16(15)20-17(19)12-18-9-5-4-6-10-18/h13-16H,4-12H2,1-3H3/t14-,15+,16+/m0/s1. The van der Waals surface area contributed by atoms with Gasteiger partial charge in [-0.15, -0.1) is 0 Å². The molecule has 2 fully saturated rings. The fourth-order valence-corrected chi connectivity index (χ4v) is 3.76. The molecule has 1 saturated carbocycles. The number of carbonyl (C=O) groups is 1. The van der Waals surface area contributed by atoms with E-state index in [9.17, 15) is 4.79 Å². The van der Waals surface area contributed by atoms with Gasteiger partial charge < -0.3 is 4.74 Å². The van der Waals surface area contributed by atoms with Gasteiger partial charge in [0.2, 0.25) is 0 Å². The first-order valence-electron chi connectivity index (χ1n) is 8.48. The molecule has 0 aromatic heterocycles. The average molecular weight is 281 g/mol. The Morgan fingerprint density at radius 2 is 1.90 bits per heavy atom. The summed E-state index contributed by atoms with van der Waals surface area (Å²) in [6, 6.07) is 0. The topological polar surface area (TPSA) is 29.5 Å². The van der Waals surface area contributed by atoms with Crippen LogP contribution >= 0.6 is 0 Å². The van der Waals surface area contributed by atoms with E-state index in [-0.39, 0.29) is 12.1 Å². The second-order valence-corrected chi connectivity index (χ2v) is 7.19. The van der Waals surface area contributed by atoms with Crippen LogP contribution in [0.15, 0.2) is 0 Å². The Balaban J connectivity index is 1.83. The molecule has 0 aromatic carbocycles. The van der Waals surface area contributed by atoms with Gasteiger partial charge in [-0.2, -0.15) is 0 Å². The number of piperidine rings is 1. The summed E-state index contributed by atoms with van der Waals surface area (Å²) in [6.45, 7) is 9.41. The van der Waals surface area contributed by atoms with E-state index in [0.717, 1.165) is 19.5 Å².